The summed E-state index contributed by atoms with van der Waals surface area (Å²) in [7, 11) is 4.73. The molecule has 1 fully saturated rings. The molecule has 0 spiro atoms. The molecule has 2 aromatic rings. The fraction of sp³-hybridized carbons (Fsp3) is 0.455. The summed E-state index contributed by atoms with van der Waals surface area (Å²) in [6, 6.07) is 7.81. The van der Waals surface area contributed by atoms with E-state index in [1.54, 1.807) is 33.7 Å². The lowest BCUT2D eigenvalue weighted by molar-refractivity contribution is -0.132. The minimum atomic E-state index is 0.0973. The molecule has 1 aliphatic rings. The Hall–Kier alpha value is -2.76. The van der Waals surface area contributed by atoms with Crippen molar-refractivity contribution in [3.05, 3.63) is 47.8 Å². The summed E-state index contributed by atoms with van der Waals surface area (Å²) in [4.78, 5) is 19.4. The number of rotatable bonds is 6. The molecular weight excluding hydrogens is 356 g/mol. The Morgan fingerprint density at radius 3 is 2.32 bits per heavy atom. The Morgan fingerprint density at radius 2 is 1.71 bits per heavy atom. The van der Waals surface area contributed by atoms with Crippen LogP contribution in [-0.4, -0.2) is 43.7 Å². The summed E-state index contributed by atoms with van der Waals surface area (Å²) in [5.41, 5.74) is 1.99. The van der Waals surface area contributed by atoms with Gasteiger partial charge in [0.2, 0.25) is 11.7 Å². The van der Waals surface area contributed by atoms with Crippen molar-refractivity contribution in [2.45, 2.75) is 38.1 Å². The number of aromatic nitrogens is 1. The molecule has 0 saturated carbocycles. The maximum atomic E-state index is 13.3. The SMILES string of the molecule is COc1cc(CC(=O)N2CCCCCC2c2ccncc2)cc(OC)c1OC. The van der Waals surface area contributed by atoms with Crippen molar-refractivity contribution < 1.29 is 19.0 Å². The highest BCUT2D eigenvalue weighted by Crippen LogP contribution is 2.38. The summed E-state index contributed by atoms with van der Waals surface area (Å²) in [5.74, 6) is 1.76. The van der Waals surface area contributed by atoms with Crippen LogP contribution in [0.2, 0.25) is 0 Å². The monoisotopic (exact) mass is 384 g/mol. The number of amides is 1. The highest BCUT2D eigenvalue weighted by atomic mass is 16.5. The number of carbonyl (C=O) groups excluding carboxylic acids is 1. The van der Waals surface area contributed by atoms with Gasteiger partial charge in [-0.25, -0.2) is 0 Å². The van der Waals surface area contributed by atoms with E-state index in [0.29, 0.717) is 17.2 Å². The van der Waals surface area contributed by atoms with Gasteiger partial charge in [0.25, 0.3) is 0 Å². The summed E-state index contributed by atoms with van der Waals surface area (Å²) >= 11 is 0. The topological polar surface area (TPSA) is 60.9 Å². The number of nitrogens with zero attached hydrogens (tertiary/aromatic N) is 2. The lowest BCUT2D eigenvalue weighted by Crippen LogP contribution is -2.35. The van der Waals surface area contributed by atoms with E-state index < -0.39 is 0 Å². The third kappa shape index (κ3) is 4.38. The number of hydrogen-bond donors (Lipinski definition) is 0. The molecule has 1 amide bonds. The fourth-order valence-electron chi connectivity index (χ4n) is 3.85. The van der Waals surface area contributed by atoms with Gasteiger partial charge in [-0.05, 0) is 48.2 Å². The average Bonchev–Trinajstić information content (AvgIpc) is 2.99. The van der Waals surface area contributed by atoms with E-state index in [9.17, 15) is 4.79 Å². The van der Waals surface area contributed by atoms with Crippen LogP contribution in [0.15, 0.2) is 36.7 Å². The van der Waals surface area contributed by atoms with Gasteiger partial charge in [0.05, 0.1) is 33.8 Å². The Morgan fingerprint density at radius 1 is 1.04 bits per heavy atom. The predicted octanol–water partition coefficient (Wildman–Crippen LogP) is 3.79. The second-order valence-electron chi connectivity index (χ2n) is 6.94. The number of likely N-dealkylation sites (tertiary alicyclic amines) is 1. The summed E-state index contributed by atoms with van der Waals surface area (Å²) in [6.07, 6.45) is 8.16. The van der Waals surface area contributed by atoms with E-state index in [1.807, 2.05) is 29.2 Å². The number of benzene rings is 1. The maximum absolute atomic E-state index is 13.3. The standard InChI is InChI=1S/C22H28N2O4/c1-26-19-13-16(14-20(27-2)22(19)28-3)15-21(25)24-12-6-4-5-7-18(24)17-8-10-23-11-9-17/h8-11,13-14,18H,4-7,12,15H2,1-3H3. The Labute approximate surface area is 166 Å². The van der Waals surface area contributed by atoms with Crippen LogP contribution < -0.4 is 14.2 Å². The molecule has 1 saturated heterocycles. The first-order valence-corrected chi connectivity index (χ1v) is 9.66. The van der Waals surface area contributed by atoms with Gasteiger partial charge in [0.1, 0.15) is 0 Å². The smallest absolute Gasteiger partial charge is 0.227 e. The van der Waals surface area contributed by atoms with Crippen molar-refractivity contribution in [1.82, 2.24) is 9.88 Å². The second-order valence-corrected chi connectivity index (χ2v) is 6.94. The summed E-state index contributed by atoms with van der Waals surface area (Å²) < 4.78 is 16.2. The minimum Gasteiger partial charge on any atom is -0.493 e. The Bertz CT molecular complexity index is 769. The van der Waals surface area contributed by atoms with Gasteiger partial charge in [-0.1, -0.05) is 12.8 Å². The fourth-order valence-corrected chi connectivity index (χ4v) is 3.85. The van der Waals surface area contributed by atoms with E-state index >= 15 is 0 Å². The molecule has 150 valence electrons. The normalized spacial score (nSPS) is 17.0. The number of ether oxygens (including phenoxy) is 3. The first-order chi connectivity index (χ1) is 13.7. The van der Waals surface area contributed by atoms with Crippen LogP contribution in [-0.2, 0) is 11.2 Å². The van der Waals surface area contributed by atoms with Crippen LogP contribution in [0.1, 0.15) is 42.9 Å². The molecule has 28 heavy (non-hydrogen) atoms. The number of pyridine rings is 1. The molecule has 3 rings (SSSR count). The lowest BCUT2D eigenvalue weighted by Gasteiger charge is -2.30. The molecular formula is C22H28N2O4. The molecule has 1 atom stereocenters. The van der Waals surface area contributed by atoms with Crippen LogP contribution in [0.4, 0.5) is 0 Å². The molecule has 2 heterocycles. The van der Waals surface area contributed by atoms with Gasteiger partial charge in [0.15, 0.2) is 11.5 Å². The molecule has 6 heteroatoms. The highest BCUT2D eigenvalue weighted by Gasteiger charge is 2.27. The van der Waals surface area contributed by atoms with E-state index in [4.69, 9.17) is 14.2 Å². The number of hydrogen-bond acceptors (Lipinski definition) is 5. The minimum absolute atomic E-state index is 0.0973. The van der Waals surface area contributed by atoms with Crippen LogP contribution in [0.3, 0.4) is 0 Å². The zero-order valence-electron chi connectivity index (χ0n) is 16.8. The van der Waals surface area contributed by atoms with Gasteiger partial charge in [-0.15, -0.1) is 0 Å². The zero-order chi connectivity index (χ0) is 19.9. The van der Waals surface area contributed by atoms with Crippen molar-refractivity contribution in [2.24, 2.45) is 0 Å². The summed E-state index contributed by atoms with van der Waals surface area (Å²) in [5, 5.41) is 0. The van der Waals surface area contributed by atoms with Gasteiger partial charge >= 0.3 is 0 Å². The van der Waals surface area contributed by atoms with Crippen LogP contribution in [0.25, 0.3) is 0 Å². The quantitative estimate of drug-likeness (QED) is 0.758. The third-order valence-electron chi connectivity index (χ3n) is 5.24. The number of methoxy groups -OCH3 is 3. The zero-order valence-corrected chi connectivity index (χ0v) is 16.8. The van der Waals surface area contributed by atoms with Gasteiger partial charge < -0.3 is 19.1 Å². The first kappa shape index (κ1) is 20.0. The maximum Gasteiger partial charge on any atom is 0.227 e. The Balaban J connectivity index is 1.86. The van der Waals surface area contributed by atoms with Crippen molar-refractivity contribution in [3.8, 4) is 17.2 Å². The van der Waals surface area contributed by atoms with Crippen molar-refractivity contribution in [3.63, 3.8) is 0 Å². The van der Waals surface area contributed by atoms with Crippen LogP contribution in [0.5, 0.6) is 17.2 Å². The highest BCUT2D eigenvalue weighted by molar-refractivity contribution is 5.80. The largest absolute Gasteiger partial charge is 0.493 e. The predicted molar refractivity (Wildman–Crippen MR) is 107 cm³/mol. The molecule has 1 aromatic carbocycles. The van der Waals surface area contributed by atoms with E-state index in [1.165, 1.54) is 0 Å². The molecule has 1 unspecified atom stereocenters. The molecule has 6 nitrogen and oxygen atoms in total. The van der Waals surface area contributed by atoms with Gasteiger partial charge in [0, 0.05) is 18.9 Å². The van der Waals surface area contributed by atoms with E-state index in [-0.39, 0.29) is 18.4 Å². The molecule has 0 bridgehead atoms. The van der Waals surface area contributed by atoms with Crippen LogP contribution in [0, 0.1) is 0 Å². The van der Waals surface area contributed by atoms with Crippen molar-refractivity contribution in [2.75, 3.05) is 27.9 Å². The van der Waals surface area contributed by atoms with Gasteiger partial charge in [-0.3, -0.25) is 9.78 Å². The van der Waals surface area contributed by atoms with Crippen molar-refractivity contribution >= 4 is 5.91 Å². The molecule has 0 aliphatic carbocycles. The Kier molecular flexibility index (Phi) is 6.74. The van der Waals surface area contributed by atoms with Crippen molar-refractivity contribution in [1.29, 1.82) is 0 Å². The molecule has 0 radical (unpaired) electrons. The second kappa shape index (κ2) is 9.44. The summed E-state index contributed by atoms with van der Waals surface area (Å²) in [6.45, 7) is 0.774. The lowest BCUT2D eigenvalue weighted by atomic mass is 10.0. The number of carbonyl (C=O) groups is 1. The third-order valence-corrected chi connectivity index (χ3v) is 5.24. The molecule has 1 aliphatic heterocycles. The first-order valence-electron chi connectivity index (χ1n) is 9.66. The van der Waals surface area contributed by atoms with E-state index in [0.717, 1.165) is 43.4 Å². The van der Waals surface area contributed by atoms with E-state index in [2.05, 4.69) is 4.98 Å². The van der Waals surface area contributed by atoms with Gasteiger partial charge in [-0.2, -0.15) is 0 Å². The average molecular weight is 384 g/mol. The van der Waals surface area contributed by atoms with Crippen LogP contribution >= 0.6 is 0 Å². The molecule has 0 N–H and O–H groups in total. The molecule has 1 aromatic heterocycles.